The van der Waals surface area contributed by atoms with Gasteiger partial charge in [-0.3, -0.25) is 0 Å². The minimum absolute atomic E-state index is 0. The molecule has 0 aliphatic carbocycles. The molecule has 4 N–H and O–H groups in total. The summed E-state index contributed by atoms with van der Waals surface area (Å²) in [6.07, 6.45) is 22.7. The number of halogens is 6. The molecule has 11 rings (SSSR count). The first kappa shape index (κ1) is 110. The number of aryl methyl sites for hydroxylation is 8. The van der Waals surface area contributed by atoms with Crippen LogP contribution >= 0.6 is 88.3 Å². The Bertz CT molecular complexity index is 4920. The van der Waals surface area contributed by atoms with E-state index in [9.17, 15) is 9.59 Å². The summed E-state index contributed by atoms with van der Waals surface area (Å²) < 4.78 is 22.1. The standard InChI is InChI=1S/C27H26BrP.C24H29NO2.C19H21N.C16H15Br.C8H15NO2.C7H7BrO.C4H10O.CH2Cl2.CH4.ClH/c1-22-13-12-14-23(2)27(22)21-29(28,24-15-6-3-7-16-24,25-17-8-4-9-18-25)26-19-10-5-11-20-26;1-18-9-6-10-19(2)22(18)15-14-21-12-7-11-20(17-21)13-8-16-25-23(26)27-24(3,4)5;1-15-6-3-7-16(2)19(15)12-11-18-9-4-8-17(14-18)10-5-13-20;1-12-5-3-6-13(2)16(12)10-9-14-7-4-8-15(17)11-14;1-5-6-9-7(10)11-8(2,3)4;1-9-7-4-2-3-6(8)5-7;1-3-5-4-2;2-1-3;;/h3-20H,21H2,1-2H3;6-15,17H,16H2,1-5H3,(H,25,26);3-12,14H,13,20H2,1-2H3;3-11H,1-2H3;5H,1,6H2,2-4H3,(H,9,10);2-5H,1H3;3-4H2,1-2H3;1H2;1H4;1H/b;13-8+,15-14?;10-5+,12-11?;10-9+;;;;;;. The number of benzene rings is 11. The summed E-state index contributed by atoms with van der Waals surface area (Å²) >= 11 is 20.9. The Hall–Kier alpha value is -9.14. The Morgan fingerprint density at radius 2 is 0.724 bits per heavy atom. The van der Waals surface area contributed by atoms with E-state index in [2.05, 4.69) is 381 Å². The monoisotopic (exact) mass is 1930 g/mol. The summed E-state index contributed by atoms with van der Waals surface area (Å²) in [5.41, 5.74) is 26.2. The van der Waals surface area contributed by atoms with Crippen LogP contribution in [0.25, 0.3) is 48.6 Å². The van der Waals surface area contributed by atoms with Gasteiger partial charge in [-0.25, -0.2) is 9.59 Å². The molecule has 0 spiro atoms. The van der Waals surface area contributed by atoms with E-state index in [1.807, 2.05) is 116 Å². The van der Waals surface area contributed by atoms with Crippen molar-refractivity contribution in [3.05, 3.63) is 389 Å². The van der Waals surface area contributed by atoms with E-state index < -0.39 is 28.7 Å². The van der Waals surface area contributed by atoms with E-state index in [1.165, 1.54) is 99.4 Å². The molecule has 0 aliphatic rings. The van der Waals surface area contributed by atoms with Crippen LogP contribution in [0, 0.1) is 55.4 Å². The fourth-order valence-electron chi connectivity index (χ4n) is 12.4. The Labute approximate surface area is 779 Å². The SMILES string of the molecule is C.C=CCNC(=O)OC(C)(C)C.CCOCC.COc1cccc(Br)c1.Cc1cccc(C)c1/C=C/c1cccc(Br)c1.Cc1cccc(C)c1C=Cc1cccc(/C=C/CN)c1.Cc1cccc(C)c1C=Cc1cccc(/C=C/CNC(=O)OC(C)(C)C)c1.Cc1cccc(C)c1CP(Br)(c1ccccc1)(c1ccccc1)c1ccccc1.Cl.ClCCl. The van der Waals surface area contributed by atoms with Crippen molar-refractivity contribution in [2.45, 2.75) is 136 Å². The fourth-order valence-corrected chi connectivity index (χ4v) is 21.0. The molecule has 656 valence electrons. The first-order valence-corrected chi connectivity index (χ1v) is 47.6. The molecule has 0 atom stereocenters. The van der Waals surface area contributed by atoms with Crippen molar-refractivity contribution >= 4 is 165 Å². The molecule has 0 fully saturated rings. The van der Waals surface area contributed by atoms with Crippen molar-refractivity contribution in [3.63, 3.8) is 0 Å². The average Bonchev–Trinajstić information content (AvgIpc) is 0.701. The molecule has 123 heavy (non-hydrogen) atoms. The van der Waals surface area contributed by atoms with Gasteiger partial charge in [0.2, 0.25) is 0 Å². The van der Waals surface area contributed by atoms with Crippen LogP contribution in [0.1, 0.15) is 157 Å². The summed E-state index contributed by atoms with van der Waals surface area (Å²) in [7, 11) is 1.65. The number of alkyl carbamates (subject to hydrolysis) is 2. The smallest absolute Gasteiger partial charge is 0.0967 e. The molecular weight excluding hydrogens is 1800 g/mol. The first-order valence-electron chi connectivity index (χ1n) is 40.5. The number of hydrogen-bond donors (Lipinski definition) is 3. The number of nitrogens with one attached hydrogen (secondary N) is 2. The number of rotatable bonds is 21. The number of hydrogen-bond acceptors (Lipinski definition) is 7. The number of ether oxygens (including phenoxy) is 4. The van der Waals surface area contributed by atoms with Gasteiger partial charge < -0.3 is 35.3 Å². The summed E-state index contributed by atoms with van der Waals surface area (Å²) in [4.78, 5) is 22.5. The number of nitrogens with two attached hydrogens (primary N) is 1. The van der Waals surface area contributed by atoms with Gasteiger partial charge in [0, 0.05) is 41.8 Å². The van der Waals surface area contributed by atoms with E-state index in [1.54, 1.807) is 13.2 Å². The van der Waals surface area contributed by atoms with Gasteiger partial charge in [0.1, 0.15) is 17.0 Å². The second-order valence-electron chi connectivity index (χ2n) is 30.2. The number of amides is 2. The largest absolute Gasteiger partial charge is 0.147 e. The van der Waals surface area contributed by atoms with Crippen molar-refractivity contribution in [2.24, 2.45) is 5.73 Å². The molecule has 0 saturated carbocycles. The molecule has 0 aromatic heterocycles. The van der Waals surface area contributed by atoms with Crippen LogP contribution in [0.4, 0.5) is 9.59 Å². The van der Waals surface area contributed by atoms with Gasteiger partial charge >= 0.3 is 195 Å². The van der Waals surface area contributed by atoms with Crippen LogP contribution < -0.4 is 37.0 Å². The first-order chi connectivity index (χ1) is 57.8. The molecule has 0 radical (unpaired) electrons. The van der Waals surface area contributed by atoms with Gasteiger partial charge in [-0.1, -0.05) is 215 Å². The Morgan fingerprint density at radius 1 is 0.423 bits per heavy atom. The second kappa shape index (κ2) is 58.9. The van der Waals surface area contributed by atoms with Gasteiger partial charge in [-0.2, -0.15) is 0 Å². The molecule has 0 unspecified atom stereocenters. The summed E-state index contributed by atoms with van der Waals surface area (Å²) in [5.74, 6) is 0.879. The number of carbonyl (C=O) groups is 2. The van der Waals surface area contributed by atoms with E-state index in [-0.39, 0.29) is 25.2 Å². The maximum Gasteiger partial charge on any atom is 0.0967 e. The van der Waals surface area contributed by atoms with Crippen molar-refractivity contribution in [1.29, 1.82) is 0 Å². The summed E-state index contributed by atoms with van der Waals surface area (Å²) in [6, 6.07) is 91.5. The zero-order valence-corrected chi connectivity index (χ0v) is 82.1. The summed E-state index contributed by atoms with van der Waals surface area (Å²) in [5, 5.41) is 6.57. The van der Waals surface area contributed by atoms with Crippen molar-refractivity contribution < 1.29 is 28.5 Å². The predicted octanol–water partition coefficient (Wildman–Crippen LogP) is 30.0. The van der Waals surface area contributed by atoms with Crippen molar-refractivity contribution in [3.8, 4) is 5.75 Å². The maximum absolute atomic E-state index is 11.6. The maximum atomic E-state index is 11.6. The van der Waals surface area contributed by atoms with Crippen molar-refractivity contribution in [2.75, 3.05) is 45.3 Å². The molecule has 0 heterocycles. The van der Waals surface area contributed by atoms with E-state index >= 15 is 0 Å². The van der Waals surface area contributed by atoms with E-state index in [0.29, 0.717) is 19.6 Å². The molecular formula is C107H130Br3Cl3N3O6P. The normalized spacial score (nSPS) is 11.1. The Morgan fingerprint density at radius 3 is 1.02 bits per heavy atom. The predicted molar refractivity (Wildman–Crippen MR) is 554 cm³/mol. The molecule has 0 saturated heterocycles. The van der Waals surface area contributed by atoms with Gasteiger partial charge in [-0.15, -0.1) is 42.2 Å². The number of methoxy groups -OCH3 is 1. The zero-order valence-electron chi connectivity index (χ0n) is 74.1. The second-order valence-corrected chi connectivity index (χ2v) is 41.7. The average molecular weight is 1930 g/mol. The van der Waals surface area contributed by atoms with E-state index in [4.69, 9.17) is 47.9 Å². The summed E-state index contributed by atoms with van der Waals surface area (Å²) in [6.45, 7) is 38.9. The molecule has 11 aromatic rings. The Kier molecular flexibility index (Phi) is 52.6. The fraction of sp³-hybridized carbons (Fsp3) is 0.252. The number of alkyl halides is 2. The molecule has 0 bridgehead atoms. The van der Waals surface area contributed by atoms with Crippen molar-refractivity contribution in [1.82, 2.24) is 10.6 Å². The molecule has 2 amide bonds. The third-order valence-electron chi connectivity index (χ3n) is 18.4. The van der Waals surface area contributed by atoms with Crippen LogP contribution in [0.3, 0.4) is 0 Å². The van der Waals surface area contributed by atoms with Crippen LogP contribution in [0.5, 0.6) is 5.75 Å². The molecule has 16 heteroatoms. The Balaban J connectivity index is 0.000000506. The zero-order chi connectivity index (χ0) is 89.3. The molecule has 11 aromatic carbocycles. The molecule has 9 nitrogen and oxygen atoms in total. The van der Waals surface area contributed by atoms with Gasteiger partial charge in [0.05, 0.1) is 12.4 Å². The topological polar surface area (TPSA) is 121 Å². The minimum Gasteiger partial charge on any atom is -0.147 e. The van der Waals surface area contributed by atoms with Gasteiger partial charge in [-0.05, 0) is 217 Å². The van der Waals surface area contributed by atoms with Gasteiger partial charge in [0.15, 0.2) is 0 Å². The van der Waals surface area contributed by atoms with Crippen LogP contribution in [0.2, 0.25) is 0 Å². The third kappa shape index (κ3) is 40.6. The number of carbonyl (C=O) groups excluding carboxylic acids is 2. The van der Waals surface area contributed by atoms with Crippen LogP contribution in [-0.2, 0) is 20.4 Å². The van der Waals surface area contributed by atoms with Crippen LogP contribution in [0.15, 0.2) is 295 Å². The minimum atomic E-state index is -2.93. The van der Waals surface area contributed by atoms with Gasteiger partial charge in [0.25, 0.3) is 0 Å². The van der Waals surface area contributed by atoms with E-state index in [0.717, 1.165) is 45.2 Å². The van der Waals surface area contributed by atoms with Crippen LogP contribution in [-0.4, -0.2) is 68.7 Å². The third-order valence-corrected chi connectivity index (χ3v) is 28.8. The quantitative estimate of drug-likeness (QED) is 0.0284. The molecule has 0 aliphatic heterocycles.